The molecule has 1 amide bonds. The van der Waals surface area contributed by atoms with Crippen molar-refractivity contribution in [1.29, 1.82) is 0 Å². The van der Waals surface area contributed by atoms with Crippen LogP contribution in [0, 0.1) is 0 Å². The predicted octanol–water partition coefficient (Wildman–Crippen LogP) is 3.02. The number of piperidine rings is 1. The molecule has 3 heterocycles. The van der Waals surface area contributed by atoms with Gasteiger partial charge in [0.05, 0.1) is 11.0 Å². The second-order valence-electron chi connectivity index (χ2n) is 8.82. The summed E-state index contributed by atoms with van der Waals surface area (Å²) in [6, 6.07) is 6.17. The summed E-state index contributed by atoms with van der Waals surface area (Å²) in [5.41, 5.74) is 3.05. The van der Waals surface area contributed by atoms with Crippen molar-refractivity contribution in [2.45, 2.75) is 45.1 Å². The van der Waals surface area contributed by atoms with E-state index in [4.69, 9.17) is 4.98 Å². The summed E-state index contributed by atoms with van der Waals surface area (Å²) in [7, 11) is 1.33. The van der Waals surface area contributed by atoms with Gasteiger partial charge in [0, 0.05) is 39.2 Å². The standard InChI is InChI=1S/C24H35N5O2/c1-26(31)24(30)10-8-20-7-9-22-21(19-20)25-23(11-16-27-12-3-2-4-13-27)29(22)18-17-28-14-5-6-15-28/h7-10,19,31H,2-6,11-18H2,1H3/b10-8+. The van der Waals surface area contributed by atoms with Crippen LogP contribution in [0.4, 0.5) is 0 Å². The van der Waals surface area contributed by atoms with Gasteiger partial charge in [-0.25, -0.2) is 10.0 Å². The molecule has 7 heteroatoms. The molecule has 0 bridgehead atoms. The summed E-state index contributed by atoms with van der Waals surface area (Å²) in [6.07, 6.45) is 10.7. The first-order valence-corrected chi connectivity index (χ1v) is 11.7. The van der Waals surface area contributed by atoms with Crippen molar-refractivity contribution in [3.8, 4) is 0 Å². The van der Waals surface area contributed by atoms with Gasteiger partial charge in [-0.3, -0.25) is 10.0 Å². The molecule has 0 unspecified atom stereocenters. The number of hydroxylamine groups is 2. The van der Waals surface area contributed by atoms with Gasteiger partial charge in [0.15, 0.2) is 0 Å². The zero-order valence-electron chi connectivity index (χ0n) is 18.7. The van der Waals surface area contributed by atoms with Crippen LogP contribution in [-0.2, 0) is 17.8 Å². The number of likely N-dealkylation sites (N-methyl/N-ethyl adjacent to an activating group) is 1. The van der Waals surface area contributed by atoms with E-state index in [0.717, 1.165) is 48.5 Å². The molecule has 31 heavy (non-hydrogen) atoms. The van der Waals surface area contributed by atoms with Crippen molar-refractivity contribution in [3.05, 3.63) is 35.7 Å². The van der Waals surface area contributed by atoms with Crippen LogP contribution >= 0.6 is 0 Å². The molecule has 1 aromatic heterocycles. The molecule has 0 atom stereocenters. The maximum atomic E-state index is 11.6. The van der Waals surface area contributed by atoms with Gasteiger partial charge in [0.25, 0.3) is 5.91 Å². The number of hydrogen-bond donors (Lipinski definition) is 1. The molecule has 0 radical (unpaired) electrons. The Labute approximate surface area is 184 Å². The third-order valence-corrected chi connectivity index (χ3v) is 6.53. The number of fused-ring (bicyclic) bond motifs is 1. The van der Waals surface area contributed by atoms with Gasteiger partial charge in [0.2, 0.25) is 0 Å². The monoisotopic (exact) mass is 425 g/mol. The molecule has 0 spiro atoms. The third-order valence-electron chi connectivity index (χ3n) is 6.53. The number of amides is 1. The van der Waals surface area contributed by atoms with Crippen molar-refractivity contribution >= 4 is 23.0 Å². The molecule has 168 valence electrons. The molecule has 1 aromatic carbocycles. The summed E-state index contributed by atoms with van der Waals surface area (Å²) in [5.74, 6) is 0.713. The minimum atomic E-state index is -0.446. The average Bonchev–Trinajstić information content (AvgIpc) is 3.42. The Balaban J connectivity index is 1.54. The Kier molecular flexibility index (Phi) is 7.37. The molecule has 2 fully saturated rings. The smallest absolute Gasteiger partial charge is 0.269 e. The zero-order chi connectivity index (χ0) is 21.6. The van der Waals surface area contributed by atoms with Crippen molar-refractivity contribution in [3.63, 3.8) is 0 Å². The fourth-order valence-electron chi connectivity index (χ4n) is 4.70. The number of carbonyl (C=O) groups is 1. The van der Waals surface area contributed by atoms with Crippen LogP contribution in [0.1, 0.15) is 43.5 Å². The Morgan fingerprint density at radius 3 is 2.42 bits per heavy atom. The number of aromatic nitrogens is 2. The quantitative estimate of drug-likeness (QED) is 0.400. The summed E-state index contributed by atoms with van der Waals surface area (Å²) >= 11 is 0. The first-order chi connectivity index (χ1) is 15.1. The fourth-order valence-corrected chi connectivity index (χ4v) is 4.70. The van der Waals surface area contributed by atoms with Gasteiger partial charge in [-0.1, -0.05) is 12.5 Å². The van der Waals surface area contributed by atoms with E-state index in [2.05, 4.69) is 20.4 Å². The Morgan fingerprint density at radius 1 is 1.03 bits per heavy atom. The van der Waals surface area contributed by atoms with E-state index >= 15 is 0 Å². The first kappa shape index (κ1) is 22.0. The van der Waals surface area contributed by atoms with Crippen LogP contribution in [0.15, 0.2) is 24.3 Å². The fraction of sp³-hybridized carbons (Fsp3) is 0.583. The van der Waals surface area contributed by atoms with E-state index in [1.54, 1.807) is 6.08 Å². The van der Waals surface area contributed by atoms with Crippen LogP contribution in [0.3, 0.4) is 0 Å². The topological polar surface area (TPSA) is 64.8 Å². The number of likely N-dealkylation sites (tertiary alicyclic amines) is 2. The molecule has 2 aliphatic rings. The zero-order valence-corrected chi connectivity index (χ0v) is 18.7. The third kappa shape index (κ3) is 5.73. The molecule has 2 aliphatic heterocycles. The van der Waals surface area contributed by atoms with Crippen LogP contribution < -0.4 is 0 Å². The van der Waals surface area contributed by atoms with Crippen molar-refractivity contribution in [1.82, 2.24) is 24.4 Å². The molecule has 2 saturated heterocycles. The van der Waals surface area contributed by atoms with Crippen LogP contribution in [0.25, 0.3) is 17.1 Å². The molecular formula is C24H35N5O2. The highest BCUT2D eigenvalue weighted by Gasteiger charge is 2.17. The number of rotatable bonds is 8. The van der Waals surface area contributed by atoms with Gasteiger partial charge in [-0.05, 0) is 75.6 Å². The van der Waals surface area contributed by atoms with Gasteiger partial charge in [-0.15, -0.1) is 0 Å². The molecule has 0 saturated carbocycles. The highest BCUT2D eigenvalue weighted by atomic mass is 16.5. The van der Waals surface area contributed by atoms with Gasteiger partial charge in [0.1, 0.15) is 5.82 Å². The summed E-state index contributed by atoms with van der Waals surface area (Å²) in [6.45, 7) is 7.93. The van der Waals surface area contributed by atoms with Crippen molar-refractivity contribution in [2.24, 2.45) is 0 Å². The highest BCUT2D eigenvalue weighted by molar-refractivity contribution is 5.91. The summed E-state index contributed by atoms with van der Waals surface area (Å²) < 4.78 is 2.40. The van der Waals surface area contributed by atoms with Gasteiger partial charge in [-0.2, -0.15) is 0 Å². The highest BCUT2D eigenvalue weighted by Crippen LogP contribution is 2.21. The van der Waals surface area contributed by atoms with Crippen molar-refractivity contribution < 1.29 is 10.0 Å². The maximum Gasteiger partial charge on any atom is 0.269 e. The number of benzene rings is 1. The predicted molar refractivity (Wildman–Crippen MR) is 123 cm³/mol. The second kappa shape index (κ2) is 10.4. The Morgan fingerprint density at radius 2 is 1.71 bits per heavy atom. The molecule has 2 aromatic rings. The Hall–Kier alpha value is -2.22. The molecule has 7 nitrogen and oxygen atoms in total. The summed E-state index contributed by atoms with van der Waals surface area (Å²) in [4.78, 5) is 21.8. The minimum Gasteiger partial charge on any atom is -0.327 e. The number of imidazole rings is 1. The van der Waals surface area contributed by atoms with Crippen molar-refractivity contribution in [2.75, 3.05) is 46.3 Å². The lowest BCUT2D eigenvalue weighted by Gasteiger charge is -2.26. The van der Waals surface area contributed by atoms with Crippen LogP contribution in [0.2, 0.25) is 0 Å². The van der Waals surface area contributed by atoms with E-state index in [0.29, 0.717) is 5.06 Å². The number of carbonyl (C=O) groups excluding carboxylic acids is 1. The van der Waals surface area contributed by atoms with E-state index in [1.165, 1.54) is 71.4 Å². The Bertz CT molecular complexity index is 908. The lowest BCUT2D eigenvalue weighted by molar-refractivity contribution is -0.153. The number of hydrogen-bond acceptors (Lipinski definition) is 5. The first-order valence-electron chi connectivity index (χ1n) is 11.7. The second-order valence-corrected chi connectivity index (χ2v) is 8.82. The SMILES string of the molecule is CN(O)C(=O)/C=C/c1ccc2c(c1)nc(CCN1CCCCC1)n2CCN1CCCC1. The van der Waals surface area contributed by atoms with Gasteiger partial charge >= 0.3 is 0 Å². The van der Waals surface area contributed by atoms with Crippen LogP contribution in [-0.4, -0.2) is 81.8 Å². The maximum absolute atomic E-state index is 11.6. The number of nitrogens with zero attached hydrogens (tertiary/aromatic N) is 5. The van der Waals surface area contributed by atoms with E-state index in [9.17, 15) is 10.0 Å². The van der Waals surface area contributed by atoms with E-state index in [1.807, 2.05) is 12.1 Å². The molecule has 4 rings (SSSR count). The van der Waals surface area contributed by atoms with E-state index in [-0.39, 0.29) is 0 Å². The molecular weight excluding hydrogens is 390 g/mol. The lowest BCUT2D eigenvalue weighted by Crippen LogP contribution is -2.32. The normalized spacial score (nSPS) is 18.4. The summed E-state index contributed by atoms with van der Waals surface area (Å²) in [5, 5.41) is 9.82. The molecule has 0 aliphatic carbocycles. The lowest BCUT2D eigenvalue weighted by atomic mass is 10.1. The minimum absolute atomic E-state index is 0.446. The average molecular weight is 426 g/mol. The van der Waals surface area contributed by atoms with Crippen LogP contribution in [0.5, 0.6) is 0 Å². The van der Waals surface area contributed by atoms with Gasteiger partial charge < -0.3 is 14.4 Å². The molecule has 1 N–H and O–H groups in total. The van der Waals surface area contributed by atoms with E-state index < -0.39 is 5.91 Å². The largest absolute Gasteiger partial charge is 0.327 e.